The molecule has 0 unspecified atom stereocenters. The molecule has 0 spiro atoms. The van der Waals surface area contributed by atoms with Crippen LogP contribution in [0.15, 0.2) is 18.2 Å². The number of rotatable bonds is 4. The van der Waals surface area contributed by atoms with Crippen molar-refractivity contribution in [3.63, 3.8) is 0 Å². The summed E-state index contributed by atoms with van der Waals surface area (Å²) in [6.45, 7) is 2.04. The fourth-order valence-electron chi connectivity index (χ4n) is 1.03. The van der Waals surface area contributed by atoms with E-state index in [1.165, 1.54) is 12.1 Å². The predicted molar refractivity (Wildman–Crippen MR) is 56.9 cm³/mol. The summed E-state index contributed by atoms with van der Waals surface area (Å²) in [5.74, 6) is 0.725. The number of phenolic OH excluding ortho intramolecular Hbond substituents is 1. The zero-order valence-electron chi connectivity index (χ0n) is 7.86. The van der Waals surface area contributed by atoms with Crippen molar-refractivity contribution in [3.05, 3.63) is 29.3 Å². The number of benzene rings is 1. The molecule has 0 aliphatic carbocycles. The number of carbonyl (C=O) groups is 1. The third-order valence-electron chi connectivity index (χ3n) is 1.79. The Bertz CT molecular complexity index is 336. The molecule has 0 aromatic heterocycles. The zero-order valence-corrected chi connectivity index (χ0v) is 8.67. The molecule has 1 aromatic rings. The normalized spacial score (nSPS) is 10.1. The Kier molecular flexibility index (Phi) is 3.83. The van der Waals surface area contributed by atoms with Gasteiger partial charge in [0.05, 0.1) is 5.56 Å². The third-order valence-corrected chi connectivity index (χ3v) is 2.72. The van der Waals surface area contributed by atoms with Crippen molar-refractivity contribution in [2.24, 2.45) is 0 Å². The maximum atomic E-state index is 10.6. The molecule has 3 nitrogen and oxygen atoms in total. The summed E-state index contributed by atoms with van der Waals surface area (Å²) in [7, 11) is 0. The first kappa shape index (κ1) is 10.9. The largest absolute Gasteiger partial charge is 0.508 e. The maximum Gasteiger partial charge on any atom is 0.335 e. The molecule has 0 saturated heterocycles. The van der Waals surface area contributed by atoms with Crippen LogP contribution in [0.5, 0.6) is 5.75 Å². The summed E-state index contributed by atoms with van der Waals surface area (Å²) in [4.78, 5) is 10.6. The molecule has 0 bridgehead atoms. The van der Waals surface area contributed by atoms with Gasteiger partial charge in [0.2, 0.25) is 0 Å². The first-order valence-corrected chi connectivity index (χ1v) is 5.43. The van der Waals surface area contributed by atoms with Gasteiger partial charge in [-0.05, 0) is 17.9 Å². The average molecular weight is 212 g/mol. The Morgan fingerprint density at radius 2 is 2.21 bits per heavy atom. The van der Waals surface area contributed by atoms with Crippen LogP contribution < -0.4 is 0 Å². The van der Waals surface area contributed by atoms with E-state index in [1.54, 1.807) is 17.8 Å². The van der Waals surface area contributed by atoms with Gasteiger partial charge in [-0.15, -0.1) is 0 Å². The zero-order chi connectivity index (χ0) is 10.6. The molecule has 0 radical (unpaired) electrons. The van der Waals surface area contributed by atoms with Crippen LogP contribution in [0.1, 0.15) is 22.8 Å². The lowest BCUT2D eigenvalue weighted by Gasteiger charge is -2.04. The molecular formula is C10H12O3S. The van der Waals surface area contributed by atoms with Crippen LogP contribution >= 0.6 is 11.8 Å². The fraction of sp³-hybridized carbons (Fsp3) is 0.300. The number of hydrogen-bond donors (Lipinski definition) is 2. The number of hydrogen-bond acceptors (Lipinski definition) is 3. The summed E-state index contributed by atoms with van der Waals surface area (Å²) < 4.78 is 0. The fourth-order valence-corrected chi connectivity index (χ4v) is 1.70. The van der Waals surface area contributed by atoms with E-state index in [4.69, 9.17) is 5.11 Å². The second-order valence-electron chi connectivity index (χ2n) is 2.79. The van der Waals surface area contributed by atoms with Crippen molar-refractivity contribution in [1.82, 2.24) is 0 Å². The summed E-state index contributed by atoms with van der Waals surface area (Å²) in [6.07, 6.45) is 0. The van der Waals surface area contributed by atoms with Crippen molar-refractivity contribution in [3.8, 4) is 5.75 Å². The Hall–Kier alpha value is -1.16. The highest BCUT2D eigenvalue weighted by molar-refractivity contribution is 7.98. The molecule has 0 aliphatic rings. The molecule has 4 heteroatoms. The van der Waals surface area contributed by atoms with Gasteiger partial charge in [-0.2, -0.15) is 11.8 Å². The number of thioether (sulfide) groups is 1. The van der Waals surface area contributed by atoms with Gasteiger partial charge in [0, 0.05) is 11.3 Å². The monoisotopic (exact) mass is 212 g/mol. The summed E-state index contributed by atoms with van der Waals surface area (Å²) in [5.41, 5.74) is 0.898. The van der Waals surface area contributed by atoms with Gasteiger partial charge >= 0.3 is 5.97 Å². The molecule has 1 rings (SSSR count). The minimum absolute atomic E-state index is 0.0610. The molecule has 0 atom stereocenters. The number of aromatic hydroxyl groups is 1. The molecule has 1 aromatic carbocycles. The van der Waals surface area contributed by atoms with Crippen LogP contribution in [0.3, 0.4) is 0 Å². The Balaban J connectivity index is 2.84. The van der Waals surface area contributed by atoms with Crippen LogP contribution in [-0.2, 0) is 5.75 Å². The molecule has 76 valence electrons. The molecule has 0 amide bonds. The summed E-state index contributed by atoms with van der Waals surface area (Å²) >= 11 is 1.68. The van der Waals surface area contributed by atoms with Crippen molar-refractivity contribution < 1.29 is 15.0 Å². The first-order valence-electron chi connectivity index (χ1n) is 4.28. The topological polar surface area (TPSA) is 57.5 Å². The molecule has 0 aliphatic heterocycles. The van der Waals surface area contributed by atoms with Gasteiger partial charge in [0.15, 0.2) is 0 Å². The van der Waals surface area contributed by atoms with Crippen LogP contribution in [0.25, 0.3) is 0 Å². The third kappa shape index (κ3) is 2.67. The van der Waals surface area contributed by atoms with Crippen molar-refractivity contribution in [2.75, 3.05) is 5.75 Å². The minimum Gasteiger partial charge on any atom is -0.508 e. The molecule has 0 fully saturated rings. The van der Waals surface area contributed by atoms with Crippen molar-refractivity contribution >= 4 is 17.7 Å². The van der Waals surface area contributed by atoms with Crippen LogP contribution in [0, 0.1) is 0 Å². The van der Waals surface area contributed by atoms with Gasteiger partial charge in [-0.25, -0.2) is 4.79 Å². The number of carboxylic acid groups (broad SMARTS) is 1. The van der Waals surface area contributed by atoms with Gasteiger partial charge < -0.3 is 10.2 Å². The highest BCUT2D eigenvalue weighted by atomic mass is 32.2. The van der Waals surface area contributed by atoms with Crippen LogP contribution in [0.2, 0.25) is 0 Å². The van der Waals surface area contributed by atoms with Crippen molar-refractivity contribution in [1.29, 1.82) is 0 Å². The summed E-state index contributed by atoms with van der Waals surface area (Å²) in [5, 5.41) is 18.2. The quantitative estimate of drug-likeness (QED) is 0.804. The van der Waals surface area contributed by atoms with Gasteiger partial charge in [0.25, 0.3) is 0 Å². The Morgan fingerprint density at radius 1 is 1.50 bits per heavy atom. The number of aromatic carboxylic acids is 1. The molecular weight excluding hydrogens is 200 g/mol. The number of phenols is 1. The second kappa shape index (κ2) is 4.91. The van der Waals surface area contributed by atoms with E-state index in [2.05, 4.69) is 0 Å². The maximum absolute atomic E-state index is 10.6. The highest BCUT2D eigenvalue weighted by Gasteiger charge is 2.06. The van der Waals surface area contributed by atoms with E-state index >= 15 is 0 Å². The lowest BCUT2D eigenvalue weighted by atomic mass is 10.1. The van der Waals surface area contributed by atoms with E-state index < -0.39 is 5.97 Å². The van der Waals surface area contributed by atoms with E-state index in [9.17, 15) is 9.90 Å². The second-order valence-corrected chi connectivity index (χ2v) is 4.06. The van der Waals surface area contributed by atoms with E-state index in [0.29, 0.717) is 5.75 Å². The predicted octanol–water partition coefficient (Wildman–Crippen LogP) is 2.34. The lowest BCUT2D eigenvalue weighted by Crippen LogP contribution is -1.96. The first-order chi connectivity index (χ1) is 6.65. The molecule has 14 heavy (non-hydrogen) atoms. The van der Waals surface area contributed by atoms with Crippen LogP contribution in [0.4, 0.5) is 0 Å². The lowest BCUT2D eigenvalue weighted by molar-refractivity contribution is 0.0696. The Morgan fingerprint density at radius 3 is 2.71 bits per heavy atom. The van der Waals surface area contributed by atoms with Gasteiger partial charge in [-0.3, -0.25) is 0 Å². The van der Waals surface area contributed by atoms with Crippen LogP contribution in [-0.4, -0.2) is 21.9 Å². The summed E-state index contributed by atoms with van der Waals surface area (Å²) in [6, 6.07) is 4.45. The standard InChI is InChI=1S/C10H12O3S/c1-2-14-6-8-4-3-7(10(12)13)5-9(8)11/h3-5,11H,2,6H2,1H3,(H,12,13). The van der Waals surface area contributed by atoms with E-state index in [1.807, 2.05) is 6.92 Å². The Labute approximate surface area is 86.8 Å². The van der Waals surface area contributed by atoms with Gasteiger partial charge in [-0.1, -0.05) is 13.0 Å². The highest BCUT2D eigenvalue weighted by Crippen LogP contribution is 2.23. The smallest absolute Gasteiger partial charge is 0.335 e. The minimum atomic E-state index is -1.02. The molecule has 2 N–H and O–H groups in total. The SMILES string of the molecule is CCSCc1ccc(C(=O)O)cc1O. The molecule has 0 heterocycles. The molecule has 0 saturated carbocycles. The van der Waals surface area contributed by atoms with Crippen molar-refractivity contribution in [2.45, 2.75) is 12.7 Å². The average Bonchev–Trinajstić information content (AvgIpc) is 2.15. The van der Waals surface area contributed by atoms with E-state index in [0.717, 1.165) is 11.3 Å². The number of carboxylic acids is 1. The van der Waals surface area contributed by atoms with E-state index in [-0.39, 0.29) is 11.3 Å². The van der Waals surface area contributed by atoms with Gasteiger partial charge in [0.1, 0.15) is 5.75 Å².